The normalized spacial score (nSPS) is 41.1. The van der Waals surface area contributed by atoms with Crippen molar-refractivity contribution in [3.05, 3.63) is 0 Å². The van der Waals surface area contributed by atoms with Crippen LogP contribution >= 0.6 is 0 Å². The molecule has 3 rings (SSSR count). The second-order valence-electron chi connectivity index (χ2n) is 7.58. The first-order valence-electron chi connectivity index (χ1n) is 7.28. The highest BCUT2D eigenvalue weighted by molar-refractivity contribution is 5.09. The maximum absolute atomic E-state index is 2.92. The average Bonchev–Trinajstić information content (AvgIpc) is 2.95. The smallest absolute Gasteiger partial charge is 0.0218 e. The fourth-order valence-corrected chi connectivity index (χ4v) is 3.98. The lowest BCUT2D eigenvalue weighted by Crippen LogP contribution is -2.62. The lowest BCUT2D eigenvalue weighted by Gasteiger charge is -2.60. The highest BCUT2D eigenvalue weighted by Crippen LogP contribution is 2.56. The van der Waals surface area contributed by atoms with Gasteiger partial charge in [-0.15, -0.1) is 0 Å². The van der Waals surface area contributed by atoms with Gasteiger partial charge in [0, 0.05) is 11.6 Å². The van der Waals surface area contributed by atoms with E-state index >= 15 is 0 Å². The van der Waals surface area contributed by atoms with Gasteiger partial charge in [0.2, 0.25) is 0 Å². The van der Waals surface area contributed by atoms with Gasteiger partial charge in [0.25, 0.3) is 0 Å². The molecule has 0 unspecified atom stereocenters. The highest BCUT2D eigenvalue weighted by atomic mass is 15.3. The standard InChI is InChI=1S/C15H27N/c1-14(2,3)12-10-15(11-12)8-4-5-9-16(15)13-6-7-13/h12-13H,4-11H2,1-3H3. The van der Waals surface area contributed by atoms with Crippen molar-refractivity contribution in [2.24, 2.45) is 11.3 Å². The van der Waals surface area contributed by atoms with Crippen LogP contribution in [0.15, 0.2) is 0 Å². The molecule has 3 fully saturated rings. The molecule has 1 heterocycles. The van der Waals surface area contributed by atoms with E-state index in [1.165, 1.54) is 51.5 Å². The van der Waals surface area contributed by atoms with Crippen LogP contribution in [0.3, 0.4) is 0 Å². The molecule has 0 atom stereocenters. The SMILES string of the molecule is CC(C)(C)C1CC2(CCCCN2C2CC2)C1. The van der Waals surface area contributed by atoms with Crippen molar-refractivity contribution in [2.45, 2.75) is 77.3 Å². The fraction of sp³-hybridized carbons (Fsp3) is 1.00. The van der Waals surface area contributed by atoms with Gasteiger partial charge in [-0.3, -0.25) is 4.90 Å². The van der Waals surface area contributed by atoms with Gasteiger partial charge in [0.1, 0.15) is 0 Å². The van der Waals surface area contributed by atoms with E-state index in [1.54, 1.807) is 0 Å². The molecular formula is C15H27N. The highest BCUT2D eigenvalue weighted by Gasteiger charge is 2.55. The molecule has 2 aliphatic carbocycles. The topological polar surface area (TPSA) is 3.24 Å². The fourth-order valence-electron chi connectivity index (χ4n) is 3.98. The lowest BCUT2D eigenvalue weighted by molar-refractivity contribution is -0.0900. The second-order valence-corrected chi connectivity index (χ2v) is 7.58. The Morgan fingerprint density at radius 1 is 1.06 bits per heavy atom. The molecule has 0 amide bonds. The van der Waals surface area contributed by atoms with Crippen molar-refractivity contribution in [1.82, 2.24) is 4.90 Å². The van der Waals surface area contributed by atoms with Crippen LogP contribution in [-0.4, -0.2) is 23.0 Å². The Bertz CT molecular complexity index is 266. The lowest BCUT2D eigenvalue weighted by atomic mass is 9.56. The number of nitrogens with zero attached hydrogens (tertiary/aromatic N) is 1. The Balaban J connectivity index is 1.69. The van der Waals surface area contributed by atoms with Crippen LogP contribution in [-0.2, 0) is 0 Å². The zero-order valence-corrected chi connectivity index (χ0v) is 11.3. The van der Waals surface area contributed by atoms with E-state index in [0.29, 0.717) is 11.0 Å². The van der Waals surface area contributed by atoms with Crippen molar-refractivity contribution in [2.75, 3.05) is 6.54 Å². The van der Waals surface area contributed by atoms with Crippen molar-refractivity contribution < 1.29 is 0 Å². The monoisotopic (exact) mass is 221 g/mol. The van der Waals surface area contributed by atoms with Crippen LogP contribution in [0.2, 0.25) is 0 Å². The van der Waals surface area contributed by atoms with Crippen molar-refractivity contribution >= 4 is 0 Å². The Morgan fingerprint density at radius 3 is 2.31 bits per heavy atom. The summed E-state index contributed by atoms with van der Waals surface area (Å²) in [5.41, 5.74) is 1.20. The summed E-state index contributed by atoms with van der Waals surface area (Å²) < 4.78 is 0. The number of rotatable bonds is 1. The Hall–Kier alpha value is -0.0400. The minimum absolute atomic E-state index is 0.540. The molecule has 0 N–H and O–H groups in total. The molecule has 0 bridgehead atoms. The number of piperidine rings is 1. The van der Waals surface area contributed by atoms with Crippen LogP contribution in [0.25, 0.3) is 0 Å². The third kappa shape index (κ3) is 1.72. The molecule has 1 heteroatoms. The molecular weight excluding hydrogens is 194 g/mol. The maximum atomic E-state index is 2.92. The van der Waals surface area contributed by atoms with E-state index in [2.05, 4.69) is 25.7 Å². The van der Waals surface area contributed by atoms with Gasteiger partial charge in [0.05, 0.1) is 0 Å². The number of hydrogen-bond donors (Lipinski definition) is 0. The first-order chi connectivity index (χ1) is 7.51. The Labute approximate surface area is 101 Å². The summed E-state index contributed by atoms with van der Waals surface area (Å²) in [4.78, 5) is 2.92. The van der Waals surface area contributed by atoms with Gasteiger partial charge < -0.3 is 0 Å². The van der Waals surface area contributed by atoms with E-state index in [0.717, 1.165) is 12.0 Å². The summed E-state index contributed by atoms with van der Waals surface area (Å²) in [6.07, 6.45) is 10.4. The van der Waals surface area contributed by atoms with Crippen LogP contribution in [0, 0.1) is 11.3 Å². The molecule has 0 radical (unpaired) electrons. The minimum Gasteiger partial charge on any atom is -0.295 e. The zero-order chi connectivity index (χ0) is 11.4. The van der Waals surface area contributed by atoms with E-state index in [1.807, 2.05) is 0 Å². The van der Waals surface area contributed by atoms with Gasteiger partial charge in [0.15, 0.2) is 0 Å². The van der Waals surface area contributed by atoms with E-state index in [4.69, 9.17) is 0 Å². The summed E-state index contributed by atoms with van der Waals surface area (Å²) in [5.74, 6) is 0.979. The van der Waals surface area contributed by atoms with E-state index in [9.17, 15) is 0 Å². The molecule has 1 saturated heterocycles. The second kappa shape index (κ2) is 3.48. The maximum Gasteiger partial charge on any atom is 0.0218 e. The summed E-state index contributed by atoms with van der Waals surface area (Å²) in [6, 6.07) is 0.987. The van der Waals surface area contributed by atoms with Crippen LogP contribution in [0.1, 0.15) is 65.7 Å². The quantitative estimate of drug-likeness (QED) is 0.650. The molecule has 1 spiro atoms. The first kappa shape index (κ1) is 11.1. The molecule has 1 aliphatic heterocycles. The minimum atomic E-state index is 0.540. The van der Waals surface area contributed by atoms with Crippen LogP contribution < -0.4 is 0 Å². The van der Waals surface area contributed by atoms with Gasteiger partial charge >= 0.3 is 0 Å². The predicted molar refractivity (Wildman–Crippen MR) is 68.5 cm³/mol. The van der Waals surface area contributed by atoms with Crippen LogP contribution in [0.5, 0.6) is 0 Å². The van der Waals surface area contributed by atoms with Crippen molar-refractivity contribution in [3.8, 4) is 0 Å². The van der Waals surface area contributed by atoms with Gasteiger partial charge in [-0.05, 0) is 56.4 Å². The number of likely N-dealkylation sites (tertiary alicyclic amines) is 1. The Morgan fingerprint density at radius 2 is 1.75 bits per heavy atom. The molecule has 1 nitrogen and oxygen atoms in total. The zero-order valence-electron chi connectivity index (χ0n) is 11.3. The van der Waals surface area contributed by atoms with E-state index < -0.39 is 0 Å². The average molecular weight is 221 g/mol. The molecule has 3 aliphatic rings. The van der Waals surface area contributed by atoms with Gasteiger partial charge in [-0.1, -0.05) is 27.2 Å². The van der Waals surface area contributed by atoms with Gasteiger partial charge in [-0.2, -0.15) is 0 Å². The Kier molecular flexibility index (Phi) is 2.41. The predicted octanol–water partition coefficient (Wildman–Crippen LogP) is 3.83. The van der Waals surface area contributed by atoms with Crippen molar-refractivity contribution in [1.29, 1.82) is 0 Å². The third-order valence-corrected chi connectivity index (χ3v) is 5.37. The van der Waals surface area contributed by atoms with Crippen LogP contribution in [0.4, 0.5) is 0 Å². The molecule has 92 valence electrons. The number of hydrogen-bond acceptors (Lipinski definition) is 1. The summed E-state index contributed by atoms with van der Waals surface area (Å²) in [5, 5.41) is 0. The largest absolute Gasteiger partial charge is 0.295 e. The molecule has 0 aromatic rings. The van der Waals surface area contributed by atoms with E-state index in [-0.39, 0.29) is 0 Å². The summed E-state index contributed by atoms with van der Waals surface area (Å²) in [7, 11) is 0. The third-order valence-electron chi connectivity index (χ3n) is 5.37. The van der Waals surface area contributed by atoms with Crippen molar-refractivity contribution in [3.63, 3.8) is 0 Å². The van der Waals surface area contributed by atoms with Gasteiger partial charge in [-0.25, -0.2) is 0 Å². The molecule has 0 aromatic carbocycles. The first-order valence-corrected chi connectivity index (χ1v) is 7.28. The summed E-state index contributed by atoms with van der Waals surface area (Å²) >= 11 is 0. The summed E-state index contributed by atoms with van der Waals surface area (Å²) in [6.45, 7) is 8.68. The molecule has 0 aromatic heterocycles. The molecule has 16 heavy (non-hydrogen) atoms. The molecule has 2 saturated carbocycles.